The lowest BCUT2D eigenvalue weighted by Gasteiger charge is -2.20. The lowest BCUT2D eigenvalue weighted by atomic mass is 10.1. The van der Waals surface area contributed by atoms with Crippen LogP contribution in [0.15, 0.2) is 0 Å². The smallest absolute Gasteiger partial charge is 0.219 e. The van der Waals surface area contributed by atoms with Crippen LogP contribution in [0.5, 0.6) is 0 Å². The molecule has 0 bridgehead atoms. The van der Waals surface area contributed by atoms with Crippen molar-refractivity contribution in [2.45, 2.75) is 58.4 Å². The second-order valence-electron chi connectivity index (χ2n) is 5.23. The molecular weight excluding hydrogens is 226 g/mol. The largest absolute Gasteiger partial charge is 0.356 e. The summed E-state index contributed by atoms with van der Waals surface area (Å²) in [6.07, 6.45) is 5.99. The Morgan fingerprint density at radius 2 is 1.83 bits per heavy atom. The summed E-state index contributed by atoms with van der Waals surface area (Å²) in [6, 6.07) is 0.572. The molecular formula is C14H31N3O. The van der Waals surface area contributed by atoms with Crippen molar-refractivity contribution >= 4 is 5.91 Å². The summed E-state index contributed by atoms with van der Waals surface area (Å²) in [4.78, 5) is 13.8. The van der Waals surface area contributed by atoms with Crippen LogP contribution in [0.4, 0.5) is 0 Å². The van der Waals surface area contributed by atoms with Gasteiger partial charge in [-0.15, -0.1) is 0 Å². The number of nitrogens with one attached hydrogen (secondary N) is 1. The molecule has 0 radical (unpaired) electrons. The molecule has 4 nitrogen and oxygen atoms in total. The maximum Gasteiger partial charge on any atom is 0.219 e. The zero-order valence-electron chi connectivity index (χ0n) is 12.4. The van der Waals surface area contributed by atoms with Gasteiger partial charge in [0.2, 0.25) is 5.91 Å². The van der Waals surface area contributed by atoms with E-state index in [9.17, 15) is 4.79 Å². The van der Waals surface area contributed by atoms with Crippen molar-refractivity contribution in [2.75, 3.05) is 26.7 Å². The second kappa shape index (κ2) is 11.5. The van der Waals surface area contributed by atoms with Gasteiger partial charge in [0.25, 0.3) is 0 Å². The molecule has 0 aromatic rings. The Morgan fingerprint density at radius 1 is 1.17 bits per heavy atom. The summed E-state index contributed by atoms with van der Waals surface area (Å²) < 4.78 is 0. The van der Waals surface area contributed by atoms with Crippen LogP contribution < -0.4 is 11.1 Å². The Labute approximate surface area is 112 Å². The average Bonchev–Trinajstić information content (AvgIpc) is 2.34. The van der Waals surface area contributed by atoms with E-state index < -0.39 is 0 Å². The van der Waals surface area contributed by atoms with Crippen molar-refractivity contribution in [1.29, 1.82) is 0 Å². The third-order valence-electron chi connectivity index (χ3n) is 3.25. The van der Waals surface area contributed by atoms with Crippen molar-refractivity contribution in [3.8, 4) is 0 Å². The first kappa shape index (κ1) is 17.4. The van der Waals surface area contributed by atoms with Crippen molar-refractivity contribution in [2.24, 2.45) is 5.73 Å². The molecule has 0 unspecified atom stereocenters. The number of unbranched alkanes of at least 4 members (excludes halogenated alkanes) is 3. The molecule has 0 saturated heterocycles. The van der Waals surface area contributed by atoms with E-state index in [2.05, 4.69) is 31.1 Å². The number of rotatable bonds is 11. The number of carbonyl (C=O) groups excluding carboxylic acids is 1. The lowest BCUT2D eigenvalue weighted by Crippen LogP contribution is -2.31. The Morgan fingerprint density at radius 3 is 2.44 bits per heavy atom. The van der Waals surface area contributed by atoms with Crippen LogP contribution in [0.1, 0.15) is 52.4 Å². The molecule has 108 valence electrons. The molecule has 0 saturated carbocycles. The van der Waals surface area contributed by atoms with E-state index >= 15 is 0 Å². The summed E-state index contributed by atoms with van der Waals surface area (Å²) in [7, 11) is 2.12. The minimum absolute atomic E-state index is 0.190. The highest BCUT2D eigenvalue weighted by atomic mass is 16.1. The molecule has 0 rings (SSSR count). The lowest BCUT2D eigenvalue weighted by molar-refractivity contribution is -0.121. The van der Waals surface area contributed by atoms with Crippen LogP contribution in [0, 0.1) is 0 Å². The molecule has 1 amide bonds. The average molecular weight is 257 g/mol. The molecule has 0 aromatic heterocycles. The zero-order valence-corrected chi connectivity index (χ0v) is 12.4. The molecule has 0 aliphatic heterocycles. The van der Waals surface area contributed by atoms with Crippen molar-refractivity contribution in [3.05, 3.63) is 0 Å². The Kier molecular flexibility index (Phi) is 11.1. The van der Waals surface area contributed by atoms with Crippen LogP contribution in [0.3, 0.4) is 0 Å². The third kappa shape index (κ3) is 10.5. The van der Waals surface area contributed by atoms with Gasteiger partial charge in [-0.3, -0.25) is 4.79 Å². The number of nitrogens with zero attached hydrogens (tertiary/aromatic N) is 1. The van der Waals surface area contributed by atoms with E-state index in [1.807, 2.05) is 0 Å². The van der Waals surface area contributed by atoms with E-state index in [4.69, 9.17) is 5.73 Å². The van der Waals surface area contributed by atoms with Crippen LogP contribution in [0.2, 0.25) is 0 Å². The van der Waals surface area contributed by atoms with Gasteiger partial charge in [0, 0.05) is 19.0 Å². The highest BCUT2D eigenvalue weighted by Crippen LogP contribution is 2.02. The van der Waals surface area contributed by atoms with E-state index in [0.29, 0.717) is 12.5 Å². The third-order valence-corrected chi connectivity index (χ3v) is 3.25. The predicted octanol–water partition coefficient (Wildman–Crippen LogP) is 1.74. The van der Waals surface area contributed by atoms with Gasteiger partial charge >= 0.3 is 0 Å². The van der Waals surface area contributed by atoms with Gasteiger partial charge in [0.05, 0.1) is 0 Å². The molecule has 3 N–H and O–H groups in total. The first-order valence-electron chi connectivity index (χ1n) is 7.25. The quantitative estimate of drug-likeness (QED) is 0.554. The van der Waals surface area contributed by atoms with Crippen molar-refractivity contribution in [3.63, 3.8) is 0 Å². The van der Waals surface area contributed by atoms with E-state index in [-0.39, 0.29) is 5.91 Å². The number of hydrogen-bond acceptors (Lipinski definition) is 3. The maximum atomic E-state index is 11.5. The first-order chi connectivity index (χ1) is 8.57. The Hall–Kier alpha value is -0.610. The summed E-state index contributed by atoms with van der Waals surface area (Å²) in [5.74, 6) is 0.190. The van der Waals surface area contributed by atoms with E-state index in [0.717, 1.165) is 51.7 Å². The van der Waals surface area contributed by atoms with E-state index in [1.165, 1.54) is 0 Å². The van der Waals surface area contributed by atoms with Gasteiger partial charge in [-0.2, -0.15) is 0 Å². The second-order valence-corrected chi connectivity index (χ2v) is 5.23. The molecule has 18 heavy (non-hydrogen) atoms. The van der Waals surface area contributed by atoms with Gasteiger partial charge in [0.15, 0.2) is 0 Å². The van der Waals surface area contributed by atoms with E-state index in [1.54, 1.807) is 0 Å². The fraction of sp³-hybridized carbons (Fsp3) is 0.929. The Bertz CT molecular complexity index is 207. The van der Waals surface area contributed by atoms with Gasteiger partial charge in [-0.05, 0) is 53.2 Å². The molecule has 0 atom stereocenters. The fourth-order valence-corrected chi connectivity index (χ4v) is 1.69. The summed E-state index contributed by atoms with van der Waals surface area (Å²) in [5, 5.41) is 2.98. The molecule has 0 heterocycles. The van der Waals surface area contributed by atoms with Gasteiger partial charge in [-0.25, -0.2) is 0 Å². The summed E-state index contributed by atoms with van der Waals surface area (Å²) in [6.45, 7) is 6.95. The predicted molar refractivity (Wildman–Crippen MR) is 77.5 cm³/mol. The van der Waals surface area contributed by atoms with Crippen LogP contribution in [-0.2, 0) is 4.79 Å². The topological polar surface area (TPSA) is 58.4 Å². The highest BCUT2D eigenvalue weighted by Gasteiger charge is 2.03. The number of carbonyl (C=O) groups is 1. The molecule has 4 heteroatoms. The molecule has 0 aliphatic carbocycles. The van der Waals surface area contributed by atoms with Crippen molar-refractivity contribution in [1.82, 2.24) is 10.2 Å². The summed E-state index contributed by atoms with van der Waals surface area (Å²) >= 11 is 0. The number of amides is 1. The Balaban J connectivity index is 3.32. The van der Waals surface area contributed by atoms with Crippen LogP contribution in [0.25, 0.3) is 0 Å². The zero-order chi connectivity index (χ0) is 13.8. The summed E-state index contributed by atoms with van der Waals surface area (Å²) in [5.41, 5.74) is 5.41. The number of nitrogens with two attached hydrogens (primary N) is 1. The van der Waals surface area contributed by atoms with Gasteiger partial charge in [-0.1, -0.05) is 12.8 Å². The van der Waals surface area contributed by atoms with Gasteiger partial charge < -0.3 is 16.0 Å². The molecule has 0 aliphatic rings. The van der Waals surface area contributed by atoms with Crippen molar-refractivity contribution < 1.29 is 4.79 Å². The molecule has 0 spiro atoms. The monoisotopic (exact) mass is 257 g/mol. The first-order valence-corrected chi connectivity index (χ1v) is 7.25. The normalized spacial score (nSPS) is 11.2. The maximum absolute atomic E-state index is 11.5. The minimum Gasteiger partial charge on any atom is -0.356 e. The fourth-order valence-electron chi connectivity index (χ4n) is 1.69. The standard InChI is InChI=1S/C14H31N3O/c1-13(2)17(3)12-8-11-16-14(18)9-6-4-5-7-10-15/h13H,4-12,15H2,1-3H3,(H,16,18). The van der Waals surface area contributed by atoms with Gasteiger partial charge in [0.1, 0.15) is 0 Å². The number of hydrogen-bond donors (Lipinski definition) is 2. The SMILES string of the molecule is CC(C)N(C)CCCNC(=O)CCCCCCN. The van der Waals surface area contributed by atoms with Crippen LogP contribution >= 0.6 is 0 Å². The van der Waals surface area contributed by atoms with Crippen LogP contribution in [-0.4, -0.2) is 43.5 Å². The molecule has 0 fully saturated rings. The highest BCUT2D eigenvalue weighted by molar-refractivity contribution is 5.75. The molecule has 0 aromatic carbocycles. The minimum atomic E-state index is 0.190.